The number of nitrogens with one attached hydrogen (secondary N) is 1. The first-order valence-electron chi connectivity index (χ1n) is 6.13. The molecule has 0 bridgehead atoms. The Bertz CT molecular complexity index is 550. The van der Waals surface area contributed by atoms with Gasteiger partial charge in [-0.25, -0.2) is 4.79 Å². The number of hydrogen-bond donors (Lipinski definition) is 2. The highest BCUT2D eigenvalue weighted by molar-refractivity contribution is 6.43. The van der Waals surface area contributed by atoms with E-state index >= 15 is 0 Å². The first-order chi connectivity index (χ1) is 9.40. The van der Waals surface area contributed by atoms with Gasteiger partial charge in [-0.05, 0) is 18.1 Å². The van der Waals surface area contributed by atoms with Crippen LogP contribution in [-0.4, -0.2) is 35.1 Å². The number of anilines is 1. The van der Waals surface area contributed by atoms with Gasteiger partial charge in [-0.3, -0.25) is 4.79 Å². The summed E-state index contributed by atoms with van der Waals surface area (Å²) in [6.07, 6.45) is 0. The summed E-state index contributed by atoms with van der Waals surface area (Å²) < 4.78 is 0. The average molecular weight is 317 g/mol. The van der Waals surface area contributed by atoms with Crippen LogP contribution in [0.2, 0.25) is 10.0 Å². The third-order valence-corrected chi connectivity index (χ3v) is 4.23. The summed E-state index contributed by atoms with van der Waals surface area (Å²) in [5.41, 5.74) is 0.413. The highest BCUT2D eigenvalue weighted by Crippen LogP contribution is 2.30. The molecule has 2 rings (SSSR count). The molecule has 5 nitrogen and oxygen atoms in total. The zero-order valence-corrected chi connectivity index (χ0v) is 12.3. The Morgan fingerprint density at radius 1 is 1.35 bits per heavy atom. The van der Waals surface area contributed by atoms with Gasteiger partial charge in [0, 0.05) is 13.1 Å². The highest BCUT2D eigenvalue weighted by Gasteiger charge is 2.37. The van der Waals surface area contributed by atoms with Crippen molar-refractivity contribution >= 4 is 40.9 Å². The molecule has 0 aliphatic carbocycles. The quantitative estimate of drug-likeness (QED) is 0.880. The van der Waals surface area contributed by atoms with Gasteiger partial charge in [-0.2, -0.15) is 0 Å². The molecule has 2 atom stereocenters. The van der Waals surface area contributed by atoms with Gasteiger partial charge in [0.2, 0.25) is 0 Å². The Kier molecular flexibility index (Phi) is 4.40. The lowest BCUT2D eigenvalue weighted by molar-refractivity contribution is -0.142. The van der Waals surface area contributed by atoms with Crippen LogP contribution in [0.3, 0.4) is 0 Å². The van der Waals surface area contributed by atoms with Gasteiger partial charge in [0.05, 0.1) is 21.7 Å². The zero-order valence-electron chi connectivity index (χ0n) is 10.8. The van der Waals surface area contributed by atoms with Crippen molar-refractivity contribution in [1.29, 1.82) is 0 Å². The smallest absolute Gasteiger partial charge is 0.321 e. The van der Waals surface area contributed by atoms with Gasteiger partial charge < -0.3 is 15.3 Å². The number of nitrogens with zero attached hydrogens (tertiary/aromatic N) is 1. The summed E-state index contributed by atoms with van der Waals surface area (Å²) in [5.74, 6) is -1.49. The first-order valence-corrected chi connectivity index (χ1v) is 6.88. The van der Waals surface area contributed by atoms with Crippen molar-refractivity contribution < 1.29 is 14.7 Å². The van der Waals surface area contributed by atoms with Crippen molar-refractivity contribution in [2.75, 3.05) is 18.4 Å². The molecule has 1 aromatic carbocycles. The van der Waals surface area contributed by atoms with E-state index in [9.17, 15) is 9.59 Å². The third kappa shape index (κ3) is 2.99. The molecule has 0 saturated carbocycles. The van der Waals surface area contributed by atoms with E-state index in [0.29, 0.717) is 17.3 Å². The molecular formula is C13H14Cl2N2O3. The van der Waals surface area contributed by atoms with Crippen molar-refractivity contribution in [2.24, 2.45) is 11.8 Å². The Labute approximate surface area is 126 Å². The van der Waals surface area contributed by atoms with Crippen molar-refractivity contribution in [3.05, 3.63) is 28.2 Å². The highest BCUT2D eigenvalue weighted by atomic mass is 35.5. The van der Waals surface area contributed by atoms with Crippen LogP contribution in [0, 0.1) is 11.8 Å². The van der Waals surface area contributed by atoms with E-state index in [1.165, 1.54) is 4.90 Å². The maximum atomic E-state index is 12.1. The van der Waals surface area contributed by atoms with Crippen molar-refractivity contribution in [3.63, 3.8) is 0 Å². The number of amides is 2. The number of likely N-dealkylation sites (tertiary alicyclic amines) is 1. The van der Waals surface area contributed by atoms with Gasteiger partial charge in [0.25, 0.3) is 0 Å². The average Bonchev–Trinajstić information content (AvgIpc) is 2.77. The van der Waals surface area contributed by atoms with E-state index in [0.717, 1.165) is 0 Å². The lowest BCUT2D eigenvalue weighted by atomic mass is 9.99. The van der Waals surface area contributed by atoms with Gasteiger partial charge in [0.15, 0.2) is 0 Å². The molecule has 20 heavy (non-hydrogen) atoms. The molecule has 1 aliphatic rings. The Morgan fingerprint density at radius 2 is 2.05 bits per heavy atom. The molecule has 2 amide bonds. The number of benzene rings is 1. The molecule has 1 saturated heterocycles. The van der Waals surface area contributed by atoms with E-state index in [1.54, 1.807) is 18.2 Å². The molecule has 0 aromatic heterocycles. The predicted molar refractivity (Wildman–Crippen MR) is 77.3 cm³/mol. The summed E-state index contributed by atoms with van der Waals surface area (Å²) in [4.78, 5) is 24.6. The standard InChI is InChI=1S/C13H14Cl2N2O3/c1-7-5-17(6-8(7)12(18)19)13(20)16-10-4-2-3-9(14)11(10)15/h2-4,7-8H,5-6H2,1H3,(H,16,20)(H,18,19). The largest absolute Gasteiger partial charge is 0.481 e. The van der Waals surface area contributed by atoms with Gasteiger partial charge >= 0.3 is 12.0 Å². The molecule has 2 unspecified atom stereocenters. The van der Waals surface area contributed by atoms with E-state index < -0.39 is 11.9 Å². The van der Waals surface area contributed by atoms with Crippen molar-refractivity contribution in [2.45, 2.75) is 6.92 Å². The number of urea groups is 1. The van der Waals surface area contributed by atoms with Crippen LogP contribution in [0.1, 0.15) is 6.92 Å². The maximum absolute atomic E-state index is 12.1. The van der Waals surface area contributed by atoms with Crippen molar-refractivity contribution in [3.8, 4) is 0 Å². The molecule has 108 valence electrons. The summed E-state index contributed by atoms with van der Waals surface area (Å²) in [7, 11) is 0. The normalized spacial score (nSPS) is 21.9. The molecule has 1 fully saturated rings. The van der Waals surface area contributed by atoms with E-state index in [1.807, 2.05) is 6.92 Å². The monoisotopic (exact) mass is 316 g/mol. The number of carbonyl (C=O) groups excluding carboxylic acids is 1. The Morgan fingerprint density at radius 3 is 2.65 bits per heavy atom. The SMILES string of the molecule is CC1CN(C(=O)Nc2cccc(Cl)c2Cl)CC1C(=O)O. The fraction of sp³-hybridized carbons (Fsp3) is 0.385. The van der Waals surface area contributed by atoms with Gasteiger partial charge in [0.1, 0.15) is 0 Å². The third-order valence-electron chi connectivity index (χ3n) is 3.41. The topological polar surface area (TPSA) is 69.6 Å². The van der Waals surface area contributed by atoms with Gasteiger partial charge in [-0.15, -0.1) is 0 Å². The second kappa shape index (κ2) is 5.89. The summed E-state index contributed by atoms with van der Waals surface area (Å²) in [6.45, 7) is 2.42. The number of carboxylic acids is 1. The summed E-state index contributed by atoms with van der Waals surface area (Å²) >= 11 is 11.9. The lowest BCUT2D eigenvalue weighted by Gasteiger charge is -2.17. The minimum Gasteiger partial charge on any atom is -0.481 e. The summed E-state index contributed by atoms with van der Waals surface area (Å²) in [6, 6.07) is 4.57. The van der Waals surface area contributed by atoms with Crippen LogP contribution in [-0.2, 0) is 4.79 Å². The number of rotatable bonds is 2. The van der Waals surface area contributed by atoms with Crippen LogP contribution in [0.5, 0.6) is 0 Å². The zero-order chi connectivity index (χ0) is 14.9. The first kappa shape index (κ1) is 14.9. The molecule has 1 aromatic rings. The van der Waals surface area contributed by atoms with Crippen LogP contribution < -0.4 is 5.32 Å². The van der Waals surface area contributed by atoms with E-state index in [2.05, 4.69) is 5.32 Å². The van der Waals surface area contributed by atoms with Crippen LogP contribution in [0.4, 0.5) is 10.5 Å². The van der Waals surface area contributed by atoms with E-state index in [4.69, 9.17) is 28.3 Å². The fourth-order valence-electron chi connectivity index (χ4n) is 2.25. The fourth-order valence-corrected chi connectivity index (χ4v) is 2.60. The Balaban J connectivity index is 2.06. The molecule has 0 radical (unpaired) electrons. The maximum Gasteiger partial charge on any atom is 0.321 e. The summed E-state index contributed by atoms with van der Waals surface area (Å²) in [5, 5.41) is 12.3. The number of carbonyl (C=O) groups is 2. The van der Waals surface area contributed by atoms with E-state index in [-0.39, 0.29) is 23.5 Å². The molecule has 1 aliphatic heterocycles. The number of hydrogen-bond acceptors (Lipinski definition) is 2. The second-order valence-electron chi connectivity index (χ2n) is 4.86. The molecular weight excluding hydrogens is 303 g/mol. The molecule has 7 heteroatoms. The minimum atomic E-state index is -0.881. The van der Waals surface area contributed by atoms with Crippen LogP contribution >= 0.6 is 23.2 Å². The number of carboxylic acid groups (broad SMARTS) is 1. The number of halogens is 2. The predicted octanol–water partition coefficient (Wildman–Crippen LogP) is 3.18. The van der Waals surface area contributed by atoms with Crippen LogP contribution in [0.25, 0.3) is 0 Å². The van der Waals surface area contributed by atoms with Gasteiger partial charge in [-0.1, -0.05) is 36.2 Å². The Hall–Kier alpha value is -1.46. The molecule has 1 heterocycles. The minimum absolute atomic E-state index is 0.0758. The lowest BCUT2D eigenvalue weighted by Crippen LogP contribution is -2.33. The molecule has 0 spiro atoms. The molecule has 2 N–H and O–H groups in total. The number of aliphatic carboxylic acids is 1. The van der Waals surface area contributed by atoms with Crippen LogP contribution in [0.15, 0.2) is 18.2 Å². The second-order valence-corrected chi connectivity index (χ2v) is 5.64. The van der Waals surface area contributed by atoms with Crippen molar-refractivity contribution in [1.82, 2.24) is 4.90 Å².